The zero-order chi connectivity index (χ0) is 16.7. The van der Waals surface area contributed by atoms with Crippen LogP contribution in [-0.2, 0) is 13.6 Å². The lowest BCUT2D eigenvalue weighted by Crippen LogP contribution is -2.40. The van der Waals surface area contributed by atoms with Crippen LogP contribution in [0.2, 0.25) is 0 Å². The molecule has 0 N–H and O–H groups in total. The van der Waals surface area contributed by atoms with Gasteiger partial charge in [0, 0.05) is 18.3 Å². The molecule has 1 aromatic rings. The monoisotopic (exact) mass is 357 g/mol. The van der Waals surface area contributed by atoms with Crippen LogP contribution in [0.25, 0.3) is 0 Å². The SMILES string of the molecule is CCCCOC(=O)N1CCC(SS(=O)(=O)c2ccccc2)CC1. The molecule has 7 heteroatoms. The molecule has 1 fully saturated rings. The third-order valence-electron chi connectivity index (χ3n) is 3.72. The number of ether oxygens (including phenoxy) is 1. The summed E-state index contributed by atoms with van der Waals surface area (Å²) in [6.07, 6.45) is 2.91. The Balaban J connectivity index is 1.82. The standard InChI is InChI=1S/C16H23NO4S2/c1-2-3-13-21-16(18)17-11-9-14(10-12-17)22-23(19,20)15-7-5-4-6-8-15/h4-8,14H,2-3,9-13H2,1H3. The molecular formula is C16H23NO4S2. The fourth-order valence-electron chi connectivity index (χ4n) is 2.35. The van der Waals surface area contributed by atoms with Crippen molar-refractivity contribution in [2.75, 3.05) is 19.7 Å². The maximum absolute atomic E-state index is 12.3. The number of hydrogen-bond acceptors (Lipinski definition) is 5. The average Bonchev–Trinajstić information content (AvgIpc) is 2.56. The Morgan fingerprint density at radius 1 is 1.26 bits per heavy atom. The van der Waals surface area contributed by atoms with E-state index in [4.69, 9.17) is 4.74 Å². The second-order valence-electron chi connectivity index (χ2n) is 5.52. The van der Waals surface area contributed by atoms with Gasteiger partial charge in [-0.05, 0) is 42.2 Å². The fourth-order valence-corrected chi connectivity index (χ4v) is 6.03. The Morgan fingerprint density at radius 3 is 2.52 bits per heavy atom. The number of unbranched alkanes of at least 4 members (excludes halogenated alkanes) is 1. The molecule has 0 saturated carbocycles. The van der Waals surface area contributed by atoms with Gasteiger partial charge in [-0.2, -0.15) is 0 Å². The molecule has 5 nitrogen and oxygen atoms in total. The lowest BCUT2D eigenvalue weighted by atomic mass is 10.1. The predicted octanol–water partition coefficient (Wildman–Crippen LogP) is 3.51. The van der Waals surface area contributed by atoms with E-state index in [0.717, 1.165) is 23.6 Å². The summed E-state index contributed by atoms with van der Waals surface area (Å²) in [5.74, 6) is 0. The summed E-state index contributed by atoms with van der Waals surface area (Å²) in [5, 5.41) is 0.0138. The first-order valence-electron chi connectivity index (χ1n) is 7.93. The summed E-state index contributed by atoms with van der Waals surface area (Å²) in [5.41, 5.74) is 0. The Bertz CT molecular complexity index is 596. The molecule has 0 spiro atoms. The van der Waals surface area contributed by atoms with Crippen LogP contribution >= 0.6 is 10.8 Å². The van der Waals surface area contributed by atoms with Crippen LogP contribution in [-0.4, -0.2) is 44.4 Å². The Morgan fingerprint density at radius 2 is 1.91 bits per heavy atom. The Kier molecular flexibility index (Phi) is 6.77. The summed E-state index contributed by atoms with van der Waals surface area (Å²) >= 11 is 0. The van der Waals surface area contributed by atoms with Gasteiger partial charge in [0.25, 0.3) is 0 Å². The van der Waals surface area contributed by atoms with E-state index in [2.05, 4.69) is 0 Å². The number of carbonyl (C=O) groups is 1. The van der Waals surface area contributed by atoms with E-state index in [1.165, 1.54) is 0 Å². The molecule has 2 rings (SSSR count). The van der Waals surface area contributed by atoms with Crippen LogP contribution in [0.15, 0.2) is 35.2 Å². The normalized spacial score (nSPS) is 16.3. The van der Waals surface area contributed by atoms with Gasteiger partial charge in [-0.15, -0.1) is 0 Å². The van der Waals surface area contributed by atoms with Crippen molar-refractivity contribution >= 4 is 25.8 Å². The molecule has 0 radical (unpaired) electrons. The number of amides is 1. The highest BCUT2D eigenvalue weighted by Crippen LogP contribution is 2.32. The van der Waals surface area contributed by atoms with E-state index in [9.17, 15) is 13.2 Å². The van der Waals surface area contributed by atoms with Crippen molar-refractivity contribution in [3.8, 4) is 0 Å². The molecule has 23 heavy (non-hydrogen) atoms. The van der Waals surface area contributed by atoms with E-state index in [-0.39, 0.29) is 11.3 Å². The summed E-state index contributed by atoms with van der Waals surface area (Å²) < 4.78 is 29.9. The van der Waals surface area contributed by atoms with Crippen LogP contribution in [0.5, 0.6) is 0 Å². The lowest BCUT2D eigenvalue weighted by molar-refractivity contribution is 0.0948. The largest absolute Gasteiger partial charge is 0.449 e. The fraction of sp³-hybridized carbons (Fsp3) is 0.562. The van der Waals surface area contributed by atoms with Gasteiger partial charge >= 0.3 is 6.09 Å². The number of piperidine rings is 1. The molecule has 1 amide bonds. The summed E-state index contributed by atoms with van der Waals surface area (Å²) in [4.78, 5) is 13.9. The minimum absolute atomic E-state index is 0.0138. The van der Waals surface area contributed by atoms with Crippen molar-refractivity contribution in [2.45, 2.75) is 42.8 Å². The number of rotatable bonds is 6. The average molecular weight is 357 g/mol. The number of benzene rings is 1. The van der Waals surface area contributed by atoms with Crippen LogP contribution < -0.4 is 0 Å². The molecule has 128 valence electrons. The first kappa shape index (κ1) is 18.1. The smallest absolute Gasteiger partial charge is 0.409 e. The summed E-state index contributed by atoms with van der Waals surface area (Å²) in [6.45, 7) is 3.59. The van der Waals surface area contributed by atoms with Crippen molar-refractivity contribution in [1.82, 2.24) is 4.90 Å². The molecular weight excluding hydrogens is 334 g/mol. The molecule has 0 unspecified atom stereocenters. The van der Waals surface area contributed by atoms with Crippen LogP contribution in [0, 0.1) is 0 Å². The lowest BCUT2D eigenvalue weighted by Gasteiger charge is -2.30. The molecule has 0 atom stereocenters. The van der Waals surface area contributed by atoms with Gasteiger partial charge in [0.15, 0.2) is 0 Å². The third-order valence-corrected chi connectivity index (χ3v) is 7.72. The highest BCUT2D eigenvalue weighted by Gasteiger charge is 2.28. The highest BCUT2D eigenvalue weighted by molar-refractivity contribution is 8.72. The maximum Gasteiger partial charge on any atom is 0.409 e. The predicted molar refractivity (Wildman–Crippen MR) is 92.1 cm³/mol. The number of carbonyl (C=O) groups excluding carboxylic acids is 1. The highest BCUT2D eigenvalue weighted by atomic mass is 33.1. The molecule has 1 aliphatic heterocycles. The quantitative estimate of drug-likeness (QED) is 0.576. The van der Waals surface area contributed by atoms with Gasteiger partial charge < -0.3 is 9.64 Å². The van der Waals surface area contributed by atoms with E-state index < -0.39 is 8.87 Å². The number of nitrogens with zero attached hydrogens (tertiary/aromatic N) is 1. The first-order valence-corrected chi connectivity index (χ1v) is 10.8. The molecule has 0 aliphatic carbocycles. The van der Waals surface area contributed by atoms with E-state index in [0.29, 0.717) is 37.4 Å². The van der Waals surface area contributed by atoms with Crippen molar-refractivity contribution in [2.24, 2.45) is 0 Å². The van der Waals surface area contributed by atoms with Crippen molar-refractivity contribution in [3.05, 3.63) is 30.3 Å². The van der Waals surface area contributed by atoms with Crippen LogP contribution in [0.3, 0.4) is 0 Å². The van der Waals surface area contributed by atoms with E-state index in [1.54, 1.807) is 35.2 Å². The van der Waals surface area contributed by atoms with Gasteiger partial charge in [-0.1, -0.05) is 31.5 Å². The van der Waals surface area contributed by atoms with Crippen molar-refractivity contribution in [1.29, 1.82) is 0 Å². The number of hydrogen-bond donors (Lipinski definition) is 0. The van der Waals surface area contributed by atoms with Gasteiger partial charge in [-0.25, -0.2) is 13.2 Å². The van der Waals surface area contributed by atoms with Gasteiger partial charge in [0.1, 0.15) is 0 Å². The topological polar surface area (TPSA) is 63.7 Å². The minimum Gasteiger partial charge on any atom is -0.449 e. The molecule has 1 aliphatic rings. The van der Waals surface area contributed by atoms with E-state index >= 15 is 0 Å². The molecule has 1 heterocycles. The Labute approximate surface area is 141 Å². The van der Waals surface area contributed by atoms with Crippen LogP contribution in [0.1, 0.15) is 32.6 Å². The summed E-state index contributed by atoms with van der Waals surface area (Å²) in [6, 6.07) is 8.47. The first-order chi connectivity index (χ1) is 11.0. The molecule has 0 bridgehead atoms. The van der Waals surface area contributed by atoms with Crippen molar-refractivity contribution < 1.29 is 17.9 Å². The van der Waals surface area contributed by atoms with Crippen molar-refractivity contribution in [3.63, 3.8) is 0 Å². The summed E-state index contributed by atoms with van der Waals surface area (Å²) in [7, 11) is -2.33. The third kappa shape index (κ3) is 5.42. The zero-order valence-electron chi connectivity index (χ0n) is 13.3. The van der Waals surface area contributed by atoms with Crippen LogP contribution in [0.4, 0.5) is 4.79 Å². The molecule has 1 saturated heterocycles. The zero-order valence-corrected chi connectivity index (χ0v) is 14.9. The van der Waals surface area contributed by atoms with Gasteiger partial charge in [0.2, 0.25) is 8.87 Å². The Hall–Kier alpha value is -1.21. The minimum atomic E-state index is -3.33. The second-order valence-corrected chi connectivity index (χ2v) is 9.65. The van der Waals surface area contributed by atoms with E-state index in [1.807, 2.05) is 6.92 Å². The molecule has 1 aromatic carbocycles. The van der Waals surface area contributed by atoms with Gasteiger partial charge in [0.05, 0.1) is 11.5 Å². The number of likely N-dealkylation sites (tertiary alicyclic amines) is 1. The maximum atomic E-state index is 12.3. The second kappa shape index (κ2) is 8.59. The van der Waals surface area contributed by atoms with Gasteiger partial charge in [-0.3, -0.25) is 0 Å². The molecule has 0 aromatic heterocycles.